The summed E-state index contributed by atoms with van der Waals surface area (Å²) >= 11 is 5.63. The molecule has 4 heteroatoms. The molecule has 1 fully saturated rings. The van der Waals surface area contributed by atoms with E-state index in [4.69, 9.17) is 16.3 Å². The van der Waals surface area contributed by atoms with Crippen LogP contribution in [0.15, 0.2) is 18.2 Å². The first kappa shape index (κ1) is 9.74. The zero-order valence-electron chi connectivity index (χ0n) is 7.81. The Morgan fingerprint density at radius 2 is 2.21 bits per heavy atom. The SMILES string of the molecule is CC1(Oc2ccc(Cl)cc2F)CNC1. The fourth-order valence-electron chi connectivity index (χ4n) is 1.37. The molecule has 1 N–H and O–H groups in total. The lowest BCUT2D eigenvalue weighted by atomic mass is 10.00. The Hall–Kier alpha value is -0.800. The Bertz CT molecular complexity index is 352. The Balaban J connectivity index is 2.16. The predicted molar refractivity (Wildman–Crippen MR) is 53.3 cm³/mol. The summed E-state index contributed by atoms with van der Waals surface area (Å²) in [6.07, 6.45) is 0. The summed E-state index contributed by atoms with van der Waals surface area (Å²) in [5, 5.41) is 3.46. The molecule has 76 valence electrons. The summed E-state index contributed by atoms with van der Waals surface area (Å²) in [6.45, 7) is 3.43. The molecule has 0 spiro atoms. The standard InChI is InChI=1S/C10H11ClFNO/c1-10(5-13-6-10)14-9-3-2-7(11)4-8(9)12/h2-4,13H,5-6H2,1H3. The molecule has 1 heterocycles. The van der Waals surface area contributed by atoms with Gasteiger partial charge in [-0.15, -0.1) is 0 Å². The van der Waals surface area contributed by atoms with Gasteiger partial charge in [-0.3, -0.25) is 0 Å². The number of halogens is 2. The minimum absolute atomic E-state index is 0.262. The average Bonchev–Trinajstić information content (AvgIpc) is 2.07. The van der Waals surface area contributed by atoms with Crippen molar-refractivity contribution < 1.29 is 9.13 Å². The van der Waals surface area contributed by atoms with Crippen molar-refractivity contribution in [3.63, 3.8) is 0 Å². The van der Waals surface area contributed by atoms with E-state index in [0.717, 1.165) is 13.1 Å². The Morgan fingerprint density at radius 3 is 2.71 bits per heavy atom. The summed E-state index contributed by atoms with van der Waals surface area (Å²) in [7, 11) is 0. The van der Waals surface area contributed by atoms with E-state index in [2.05, 4.69) is 5.32 Å². The van der Waals surface area contributed by atoms with E-state index in [0.29, 0.717) is 5.02 Å². The fraction of sp³-hybridized carbons (Fsp3) is 0.400. The van der Waals surface area contributed by atoms with Crippen LogP contribution in [0.5, 0.6) is 5.75 Å². The molecule has 1 aromatic carbocycles. The molecule has 1 aromatic rings. The Kier molecular flexibility index (Phi) is 2.37. The molecule has 0 radical (unpaired) electrons. The van der Waals surface area contributed by atoms with Crippen LogP contribution in [0.1, 0.15) is 6.92 Å². The number of hydrogen-bond acceptors (Lipinski definition) is 2. The van der Waals surface area contributed by atoms with Crippen LogP contribution >= 0.6 is 11.6 Å². The smallest absolute Gasteiger partial charge is 0.166 e. The highest BCUT2D eigenvalue weighted by Crippen LogP contribution is 2.26. The summed E-state index contributed by atoms with van der Waals surface area (Å²) in [4.78, 5) is 0. The van der Waals surface area contributed by atoms with Gasteiger partial charge in [0.2, 0.25) is 0 Å². The lowest BCUT2D eigenvalue weighted by molar-refractivity contribution is 0.0312. The van der Waals surface area contributed by atoms with Crippen molar-refractivity contribution in [2.45, 2.75) is 12.5 Å². The summed E-state index contributed by atoms with van der Waals surface area (Å²) in [6, 6.07) is 4.43. The first-order valence-corrected chi connectivity index (χ1v) is 4.82. The predicted octanol–water partition coefficient (Wildman–Crippen LogP) is 2.22. The normalized spacial score (nSPS) is 18.8. The van der Waals surface area contributed by atoms with Crippen molar-refractivity contribution in [2.75, 3.05) is 13.1 Å². The van der Waals surface area contributed by atoms with Crippen LogP contribution in [0.3, 0.4) is 0 Å². The number of nitrogens with one attached hydrogen (secondary N) is 1. The van der Waals surface area contributed by atoms with Gasteiger partial charge in [0.05, 0.1) is 0 Å². The molecule has 1 saturated heterocycles. The zero-order valence-corrected chi connectivity index (χ0v) is 8.57. The fourth-order valence-corrected chi connectivity index (χ4v) is 1.53. The molecular weight excluding hydrogens is 205 g/mol. The van der Waals surface area contributed by atoms with Gasteiger partial charge in [-0.2, -0.15) is 0 Å². The molecule has 1 aliphatic rings. The molecule has 2 nitrogen and oxygen atoms in total. The molecule has 0 aromatic heterocycles. The molecule has 0 amide bonds. The van der Waals surface area contributed by atoms with E-state index in [1.807, 2.05) is 6.92 Å². The second kappa shape index (κ2) is 3.41. The maximum atomic E-state index is 13.3. The van der Waals surface area contributed by atoms with Gasteiger partial charge in [0.15, 0.2) is 11.6 Å². The van der Waals surface area contributed by atoms with Gasteiger partial charge in [0.1, 0.15) is 5.60 Å². The van der Waals surface area contributed by atoms with Crippen molar-refractivity contribution >= 4 is 11.6 Å². The third-order valence-electron chi connectivity index (χ3n) is 2.25. The van der Waals surface area contributed by atoms with Gasteiger partial charge in [-0.1, -0.05) is 11.6 Å². The third-order valence-corrected chi connectivity index (χ3v) is 2.48. The molecular formula is C10H11ClFNO. The van der Waals surface area contributed by atoms with Crippen LogP contribution in [0.25, 0.3) is 0 Å². The van der Waals surface area contributed by atoms with E-state index in [1.54, 1.807) is 12.1 Å². The monoisotopic (exact) mass is 215 g/mol. The van der Waals surface area contributed by atoms with E-state index < -0.39 is 5.82 Å². The van der Waals surface area contributed by atoms with E-state index in [-0.39, 0.29) is 11.4 Å². The highest BCUT2D eigenvalue weighted by molar-refractivity contribution is 6.30. The quantitative estimate of drug-likeness (QED) is 0.817. The molecule has 2 rings (SSSR count). The maximum absolute atomic E-state index is 13.3. The first-order chi connectivity index (χ1) is 6.59. The van der Waals surface area contributed by atoms with Crippen molar-refractivity contribution in [3.05, 3.63) is 29.0 Å². The number of hydrogen-bond donors (Lipinski definition) is 1. The number of rotatable bonds is 2. The molecule has 0 aliphatic carbocycles. The minimum atomic E-state index is -0.411. The third kappa shape index (κ3) is 1.83. The lowest BCUT2D eigenvalue weighted by Gasteiger charge is -2.39. The van der Waals surface area contributed by atoms with Crippen LogP contribution < -0.4 is 10.1 Å². The molecule has 14 heavy (non-hydrogen) atoms. The Labute approximate surface area is 87.0 Å². The van der Waals surface area contributed by atoms with Gasteiger partial charge in [-0.25, -0.2) is 4.39 Å². The van der Waals surface area contributed by atoms with Gasteiger partial charge >= 0.3 is 0 Å². The second-order valence-corrected chi connectivity index (χ2v) is 4.17. The molecule has 0 unspecified atom stereocenters. The minimum Gasteiger partial charge on any atom is -0.482 e. The lowest BCUT2D eigenvalue weighted by Crippen LogP contribution is -2.61. The second-order valence-electron chi connectivity index (χ2n) is 3.73. The largest absolute Gasteiger partial charge is 0.482 e. The van der Waals surface area contributed by atoms with E-state index in [9.17, 15) is 4.39 Å². The van der Waals surface area contributed by atoms with Gasteiger partial charge < -0.3 is 10.1 Å². The van der Waals surface area contributed by atoms with E-state index >= 15 is 0 Å². The topological polar surface area (TPSA) is 21.3 Å². The van der Waals surface area contributed by atoms with Crippen LogP contribution in [-0.2, 0) is 0 Å². The zero-order chi connectivity index (χ0) is 10.2. The van der Waals surface area contributed by atoms with Crippen LogP contribution in [0, 0.1) is 5.82 Å². The van der Waals surface area contributed by atoms with Gasteiger partial charge in [0.25, 0.3) is 0 Å². The van der Waals surface area contributed by atoms with Crippen LogP contribution in [0.2, 0.25) is 5.02 Å². The summed E-state index contributed by atoms with van der Waals surface area (Å²) < 4.78 is 18.8. The van der Waals surface area contributed by atoms with Gasteiger partial charge in [-0.05, 0) is 25.1 Å². The number of ether oxygens (including phenoxy) is 1. The Morgan fingerprint density at radius 1 is 1.50 bits per heavy atom. The maximum Gasteiger partial charge on any atom is 0.166 e. The van der Waals surface area contributed by atoms with Crippen molar-refractivity contribution in [3.8, 4) is 5.75 Å². The first-order valence-electron chi connectivity index (χ1n) is 4.44. The summed E-state index contributed by atoms with van der Waals surface area (Å²) in [5.74, 6) is -0.149. The summed E-state index contributed by atoms with van der Waals surface area (Å²) in [5.41, 5.74) is -0.283. The van der Waals surface area contributed by atoms with Crippen molar-refractivity contribution in [1.82, 2.24) is 5.32 Å². The van der Waals surface area contributed by atoms with Crippen LogP contribution in [0.4, 0.5) is 4.39 Å². The van der Waals surface area contributed by atoms with E-state index in [1.165, 1.54) is 6.07 Å². The highest BCUT2D eigenvalue weighted by Gasteiger charge is 2.34. The molecule has 0 atom stereocenters. The highest BCUT2D eigenvalue weighted by atomic mass is 35.5. The molecule has 0 bridgehead atoms. The van der Waals surface area contributed by atoms with Crippen LogP contribution in [-0.4, -0.2) is 18.7 Å². The molecule has 1 aliphatic heterocycles. The van der Waals surface area contributed by atoms with Gasteiger partial charge in [0, 0.05) is 18.1 Å². The number of benzene rings is 1. The van der Waals surface area contributed by atoms with Crippen molar-refractivity contribution in [1.29, 1.82) is 0 Å². The average molecular weight is 216 g/mol. The molecule has 0 saturated carbocycles. The van der Waals surface area contributed by atoms with Crippen molar-refractivity contribution in [2.24, 2.45) is 0 Å².